The number of aromatic nitrogens is 2. The summed E-state index contributed by atoms with van der Waals surface area (Å²) in [5.74, 6) is 1.06. The molecule has 1 aromatic carbocycles. The van der Waals surface area contributed by atoms with Crippen LogP contribution in [0.5, 0.6) is 0 Å². The van der Waals surface area contributed by atoms with Gasteiger partial charge in [0.05, 0.1) is 6.04 Å². The highest BCUT2D eigenvalue weighted by Crippen LogP contribution is 2.25. The van der Waals surface area contributed by atoms with Gasteiger partial charge in [-0.05, 0) is 38.0 Å². The molecule has 1 unspecified atom stereocenters. The second-order valence-electron chi connectivity index (χ2n) is 6.21. The Hall–Kier alpha value is -1.97. The maximum Gasteiger partial charge on any atom is 0.130 e. The van der Waals surface area contributed by atoms with Crippen molar-refractivity contribution in [1.29, 1.82) is 0 Å². The van der Waals surface area contributed by atoms with Crippen LogP contribution in [-0.2, 0) is 7.05 Å². The zero-order chi connectivity index (χ0) is 15.4. The van der Waals surface area contributed by atoms with E-state index in [0.717, 1.165) is 11.5 Å². The van der Waals surface area contributed by atoms with Gasteiger partial charge >= 0.3 is 0 Å². The topological polar surface area (TPSA) is 33.1 Å². The number of hydrogen-bond acceptors (Lipinski definition) is 3. The molecule has 1 atom stereocenters. The SMILES string of the molecule is CC(Nc1cccc(N2CCCCCC2)c1)c1nccn1C. The molecule has 0 saturated carbocycles. The number of aryl methyl sites for hydroxylation is 1. The smallest absolute Gasteiger partial charge is 0.130 e. The number of rotatable bonds is 4. The average molecular weight is 298 g/mol. The molecule has 4 nitrogen and oxygen atoms in total. The third-order valence-corrected chi connectivity index (χ3v) is 4.45. The number of benzene rings is 1. The Morgan fingerprint density at radius 2 is 1.91 bits per heavy atom. The maximum absolute atomic E-state index is 4.43. The largest absolute Gasteiger partial charge is 0.375 e. The van der Waals surface area contributed by atoms with Gasteiger partial charge in [-0.25, -0.2) is 4.98 Å². The van der Waals surface area contributed by atoms with E-state index in [1.807, 2.05) is 19.4 Å². The van der Waals surface area contributed by atoms with Crippen LogP contribution in [0.3, 0.4) is 0 Å². The van der Waals surface area contributed by atoms with Crippen molar-refractivity contribution in [1.82, 2.24) is 9.55 Å². The summed E-state index contributed by atoms with van der Waals surface area (Å²) >= 11 is 0. The Morgan fingerprint density at radius 1 is 1.14 bits per heavy atom. The van der Waals surface area contributed by atoms with E-state index in [1.165, 1.54) is 44.5 Å². The van der Waals surface area contributed by atoms with Gasteiger partial charge in [0.15, 0.2) is 0 Å². The summed E-state index contributed by atoms with van der Waals surface area (Å²) in [4.78, 5) is 6.94. The van der Waals surface area contributed by atoms with Crippen molar-refractivity contribution < 1.29 is 0 Å². The van der Waals surface area contributed by atoms with Crippen molar-refractivity contribution in [3.63, 3.8) is 0 Å². The molecule has 0 amide bonds. The van der Waals surface area contributed by atoms with E-state index in [-0.39, 0.29) is 6.04 Å². The van der Waals surface area contributed by atoms with Gasteiger partial charge in [-0.15, -0.1) is 0 Å². The average Bonchev–Trinajstić information content (AvgIpc) is 2.78. The van der Waals surface area contributed by atoms with Crippen LogP contribution in [0, 0.1) is 0 Å². The number of hydrogen-bond donors (Lipinski definition) is 1. The number of nitrogens with one attached hydrogen (secondary N) is 1. The lowest BCUT2D eigenvalue weighted by Gasteiger charge is -2.24. The summed E-state index contributed by atoms with van der Waals surface area (Å²) in [6.45, 7) is 4.51. The molecule has 0 spiro atoms. The van der Waals surface area contributed by atoms with Crippen molar-refractivity contribution in [3.8, 4) is 0 Å². The first-order chi connectivity index (χ1) is 10.7. The molecule has 1 aliphatic heterocycles. The van der Waals surface area contributed by atoms with Crippen molar-refractivity contribution >= 4 is 11.4 Å². The first kappa shape index (κ1) is 14.9. The highest BCUT2D eigenvalue weighted by Gasteiger charge is 2.12. The van der Waals surface area contributed by atoms with E-state index in [4.69, 9.17) is 0 Å². The van der Waals surface area contributed by atoms with Crippen molar-refractivity contribution in [2.75, 3.05) is 23.3 Å². The molecule has 2 heterocycles. The number of anilines is 2. The molecule has 3 rings (SSSR count). The molecule has 1 N–H and O–H groups in total. The fourth-order valence-electron chi connectivity index (χ4n) is 3.23. The molecule has 1 aromatic heterocycles. The molecule has 118 valence electrons. The molecule has 1 fully saturated rings. The fraction of sp³-hybridized carbons (Fsp3) is 0.500. The van der Waals surface area contributed by atoms with Gasteiger partial charge in [0.25, 0.3) is 0 Å². The van der Waals surface area contributed by atoms with Crippen LogP contribution in [0.1, 0.15) is 44.5 Å². The fourth-order valence-corrected chi connectivity index (χ4v) is 3.23. The quantitative estimate of drug-likeness (QED) is 0.927. The first-order valence-electron chi connectivity index (χ1n) is 8.33. The van der Waals surface area contributed by atoms with Crippen LogP contribution < -0.4 is 10.2 Å². The van der Waals surface area contributed by atoms with E-state index >= 15 is 0 Å². The van der Waals surface area contributed by atoms with E-state index < -0.39 is 0 Å². The normalized spacial score (nSPS) is 17.1. The highest BCUT2D eigenvalue weighted by molar-refractivity contribution is 5.58. The van der Waals surface area contributed by atoms with Crippen LogP contribution in [0.2, 0.25) is 0 Å². The monoisotopic (exact) mass is 298 g/mol. The predicted molar refractivity (Wildman–Crippen MR) is 92.4 cm³/mol. The molecule has 0 bridgehead atoms. The van der Waals surface area contributed by atoms with Crippen LogP contribution in [0.4, 0.5) is 11.4 Å². The van der Waals surface area contributed by atoms with Gasteiger partial charge in [0.2, 0.25) is 0 Å². The highest BCUT2D eigenvalue weighted by atomic mass is 15.1. The Morgan fingerprint density at radius 3 is 2.59 bits per heavy atom. The third-order valence-electron chi connectivity index (χ3n) is 4.45. The van der Waals surface area contributed by atoms with Gasteiger partial charge in [-0.2, -0.15) is 0 Å². The zero-order valence-corrected chi connectivity index (χ0v) is 13.6. The van der Waals surface area contributed by atoms with E-state index in [1.54, 1.807) is 0 Å². The molecule has 2 aromatic rings. The van der Waals surface area contributed by atoms with Crippen LogP contribution in [-0.4, -0.2) is 22.6 Å². The number of imidazole rings is 1. The van der Waals surface area contributed by atoms with Crippen molar-refractivity contribution in [2.45, 2.75) is 38.6 Å². The molecular formula is C18H26N4. The lowest BCUT2D eigenvalue weighted by atomic mass is 10.2. The van der Waals surface area contributed by atoms with Crippen LogP contribution in [0.15, 0.2) is 36.7 Å². The molecule has 0 radical (unpaired) electrons. The summed E-state index contributed by atoms with van der Waals surface area (Å²) in [5.41, 5.74) is 2.50. The van der Waals surface area contributed by atoms with Gasteiger partial charge in [-0.3, -0.25) is 0 Å². The van der Waals surface area contributed by atoms with E-state index in [2.05, 4.69) is 51.0 Å². The third kappa shape index (κ3) is 3.43. The molecule has 22 heavy (non-hydrogen) atoms. The van der Waals surface area contributed by atoms with Crippen molar-refractivity contribution in [2.24, 2.45) is 7.05 Å². The Labute approximate surface area is 133 Å². The lowest BCUT2D eigenvalue weighted by molar-refractivity contribution is 0.721. The molecule has 4 heteroatoms. The zero-order valence-electron chi connectivity index (χ0n) is 13.6. The van der Waals surface area contributed by atoms with Gasteiger partial charge in [-0.1, -0.05) is 18.9 Å². The second kappa shape index (κ2) is 6.86. The summed E-state index contributed by atoms with van der Waals surface area (Å²) in [6, 6.07) is 8.97. The van der Waals surface area contributed by atoms with Crippen LogP contribution >= 0.6 is 0 Å². The minimum absolute atomic E-state index is 0.194. The standard InChI is InChI=1S/C18H26N4/c1-15(18-19-10-13-21(18)2)20-16-8-7-9-17(14-16)22-11-5-3-4-6-12-22/h7-10,13-15,20H,3-6,11-12H2,1-2H3. The summed E-state index contributed by atoms with van der Waals surface area (Å²) < 4.78 is 2.07. The molecule has 0 aliphatic carbocycles. The van der Waals surface area contributed by atoms with E-state index in [9.17, 15) is 0 Å². The van der Waals surface area contributed by atoms with Gasteiger partial charge in [0.1, 0.15) is 5.82 Å². The minimum atomic E-state index is 0.194. The molecular weight excluding hydrogens is 272 g/mol. The van der Waals surface area contributed by atoms with E-state index in [0.29, 0.717) is 0 Å². The second-order valence-corrected chi connectivity index (χ2v) is 6.21. The minimum Gasteiger partial charge on any atom is -0.375 e. The molecule has 1 aliphatic rings. The Bertz CT molecular complexity index is 597. The van der Waals surface area contributed by atoms with Gasteiger partial charge in [0, 0.05) is 43.9 Å². The summed E-state index contributed by atoms with van der Waals surface area (Å²) in [6.07, 6.45) is 9.18. The number of nitrogens with zero attached hydrogens (tertiary/aromatic N) is 3. The van der Waals surface area contributed by atoms with Crippen molar-refractivity contribution in [3.05, 3.63) is 42.5 Å². The van der Waals surface area contributed by atoms with Crippen LogP contribution in [0.25, 0.3) is 0 Å². The Balaban J connectivity index is 1.72. The van der Waals surface area contributed by atoms with Gasteiger partial charge < -0.3 is 14.8 Å². The predicted octanol–water partition coefficient (Wildman–Crippen LogP) is 3.97. The summed E-state index contributed by atoms with van der Waals surface area (Å²) in [5, 5.41) is 3.57. The Kier molecular flexibility index (Phi) is 4.66. The maximum atomic E-state index is 4.43. The lowest BCUT2D eigenvalue weighted by Crippen LogP contribution is -2.23. The first-order valence-corrected chi connectivity index (χ1v) is 8.33. The molecule has 1 saturated heterocycles. The summed E-state index contributed by atoms with van der Waals surface area (Å²) in [7, 11) is 2.04.